The molecule has 2 aliphatic rings. The summed E-state index contributed by atoms with van der Waals surface area (Å²) in [6.07, 6.45) is 6.00. The molecule has 0 radical (unpaired) electrons. The van der Waals surface area contributed by atoms with E-state index in [1.165, 1.54) is 0 Å². The standard InChI is InChI=1S/C13H23N3O2/c14-11-4-1-10(2-5-11)3-6-13(18)16-8-7-15-12(17)9-16/h10-11H,1-9,14H2,(H,15,17). The van der Waals surface area contributed by atoms with Gasteiger partial charge in [0.05, 0.1) is 6.54 Å². The highest BCUT2D eigenvalue weighted by atomic mass is 16.2. The number of nitrogens with one attached hydrogen (secondary N) is 1. The molecule has 5 nitrogen and oxygen atoms in total. The van der Waals surface area contributed by atoms with Crippen LogP contribution in [-0.4, -0.2) is 42.4 Å². The average Bonchev–Trinajstić information content (AvgIpc) is 2.38. The SMILES string of the molecule is NC1CCC(CCC(=O)N2CCNC(=O)C2)CC1. The van der Waals surface area contributed by atoms with Crippen LogP contribution in [0.3, 0.4) is 0 Å². The van der Waals surface area contributed by atoms with Crippen LogP contribution in [0, 0.1) is 5.92 Å². The minimum Gasteiger partial charge on any atom is -0.353 e. The van der Waals surface area contributed by atoms with Crippen molar-refractivity contribution in [1.82, 2.24) is 10.2 Å². The van der Waals surface area contributed by atoms with Crippen molar-refractivity contribution < 1.29 is 9.59 Å². The van der Waals surface area contributed by atoms with Crippen molar-refractivity contribution in [2.45, 2.75) is 44.6 Å². The average molecular weight is 253 g/mol. The highest BCUT2D eigenvalue weighted by Gasteiger charge is 2.23. The van der Waals surface area contributed by atoms with E-state index < -0.39 is 0 Å². The summed E-state index contributed by atoms with van der Waals surface area (Å²) in [5.74, 6) is 0.727. The van der Waals surface area contributed by atoms with Crippen LogP contribution in [0.5, 0.6) is 0 Å². The Balaban J connectivity index is 1.69. The number of carbonyl (C=O) groups is 2. The van der Waals surface area contributed by atoms with Crippen LogP contribution < -0.4 is 11.1 Å². The fourth-order valence-corrected chi connectivity index (χ4v) is 2.81. The molecule has 0 spiro atoms. The van der Waals surface area contributed by atoms with Crippen molar-refractivity contribution in [3.05, 3.63) is 0 Å². The number of amides is 2. The van der Waals surface area contributed by atoms with Crippen molar-refractivity contribution in [2.24, 2.45) is 11.7 Å². The second-order valence-corrected chi connectivity index (χ2v) is 5.48. The lowest BCUT2D eigenvalue weighted by molar-refractivity contribution is -0.138. The topological polar surface area (TPSA) is 75.4 Å². The van der Waals surface area contributed by atoms with Gasteiger partial charge in [0.2, 0.25) is 11.8 Å². The molecule has 1 heterocycles. The Bertz CT molecular complexity index is 311. The molecular formula is C13H23N3O2. The third-order valence-corrected chi connectivity index (χ3v) is 4.05. The lowest BCUT2D eigenvalue weighted by atomic mass is 9.84. The molecule has 2 rings (SSSR count). The molecule has 2 fully saturated rings. The van der Waals surface area contributed by atoms with E-state index in [4.69, 9.17) is 5.73 Å². The smallest absolute Gasteiger partial charge is 0.239 e. The molecule has 5 heteroatoms. The number of rotatable bonds is 3. The maximum atomic E-state index is 12.0. The van der Waals surface area contributed by atoms with Gasteiger partial charge in [-0.2, -0.15) is 0 Å². The number of piperazine rings is 1. The summed E-state index contributed by atoms with van der Waals surface area (Å²) < 4.78 is 0. The van der Waals surface area contributed by atoms with Gasteiger partial charge >= 0.3 is 0 Å². The molecule has 2 amide bonds. The Hall–Kier alpha value is -1.10. The van der Waals surface area contributed by atoms with Gasteiger partial charge in [-0.05, 0) is 38.0 Å². The zero-order chi connectivity index (χ0) is 13.0. The van der Waals surface area contributed by atoms with E-state index in [0.717, 1.165) is 32.1 Å². The molecule has 1 aliphatic carbocycles. The van der Waals surface area contributed by atoms with Crippen molar-refractivity contribution in [3.8, 4) is 0 Å². The van der Waals surface area contributed by atoms with E-state index in [9.17, 15) is 9.59 Å². The first kappa shape index (κ1) is 13.3. The quantitative estimate of drug-likeness (QED) is 0.756. The number of carbonyl (C=O) groups excluding carboxylic acids is 2. The Kier molecular flexibility index (Phi) is 4.58. The van der Waals surface area contributed by atoms with Gasteiger partial charge in [0, 0.05) is 25.6 Å². The molecule has 1 saturated heterocycles. The highest BCUT2D eigenvalue weighted by Crippen LogP contribution is 2.27. The van der Waals surface area contributed by atoms with Crippen LogP contribution in [-0.2, 0) is 9.59 Å². The Labute approximate surface area is 108 Å². The van der Waals surface area contributed by atoms with Crippen LogP contribution in [0.2, 0.25) is 0 Å². The number of hydrogen-bond acceptors (Lipinski definition) is 3. The summed E-state index contributed by atoms with van der Waals surface area (Å²) >= 11 is 0. The number of nitrogens with zero attached hydrogens (tertiary/aromatic N) is 1. The molecule has 0 unspecified atom stereocenters. The normalized spacial score (nSPS) is 28.9. The molecule has 0 aromatic rings. The zero-order valence-electron chi connectivity index (χ0n) is 10.9. The summed E-state index contributed by atoms with van der Waals surface area (Å²) in [6.45, 7) is 1.47. The van der Waals surface area contributed by atoms with E-state index in [1.54, 1.807) is 4.90 Å². The van der Waals surface area contributed by atoms with Crippen LogP contribution in [0.15, 0.2) is 0 Å². The molecule has 0 aromatic carbocycles. The van der Waals surface area contributed by atoms with Gasteiger partial charge in [0.1, 0.15) is 0 Å². The Morgan fingerprint density at radius 1 is 1.33 bits per heavy atom. The first-order valence-corrected chi connectivity index (χ1v) is 6.95. The van der Waals surface area contributed by atoms with Crippen LogP contribution in [0.4, 0.5) is 0 Å². The van der Waals surface area contributed by atoms with Crippen molar-refractivity contribution >= 4 is 11.8 Å². The van der Waals surface area contributed by atoms with Gasteiger partial charge in [0.15, 0.2) is 0 Å². The molecular weight excluding hydrogens is 230 g/mol. The van der Waals surface area contributed by atoms with Crippen LogP contribution >= 0.6 is 0 Å². The fourth-order valence-electron chi connectivity index (χ4n) is 2.81. The maximum absolute atomic E-state index is 12.0. The predicted octanol–water partition coefficient (Wildman–Crippen LogP) is 0.242. The van der Waals surface area contributed by atoms with Crippen molar-refractivity contribution in [2.75, 3.05) is 19.6 Å². The van der Waals surface area contributed by atoms with Gasteiger partial charge in [-0.25, -0.2) is 0 Å². The van der Waals surface area contributed by atoms with Gasteiger partial charge in [0.25, 0.3) is 0 Å². The van der Waals surface area contributed by atoms with Crippen LogP contribution in [0.1, 0.15) is 38.5 Å². The monoisotopic (exact) mass is 253 g/mol. The van der Waals surface area contributed by atoms with Gasteiger partial charge in [-0.1, -0.05) is 0 Å². The zero-order valence-corrected chi connectivity index (χ0v) is 10.9. The van der Waals surface area contributed by atoms with Crippen molar-refractivity contribution in [1.29, 1.82) is 0 Å². The summed E-state index contributed by atoms with van der Waals surface area (Å²) in [7, 11) is 0. The van der Waals surface area contributed by atoms with Crippen LogP contribution in [0.25, 0.3) is 0 Å². The lowest BCUT2D eigenvalue weighted by Gasteiger charge is -2.29. The van der Waals surface area contributed by atoms with E-state index in [-0.39, 0.29) is 18.4 Å². The predicted molar refractivity (Wildman–Crippen MR) is 68.8 cm³/mol. The largest absolute Gasteiger partial charge is 0.353 e. The molecule has 3 N–H and O–H groups in total. The molecule has 0 bridgehead atoms. The van der Waals surface area contributed by atoms with Crippen molar-refractivity contribution in [3.63, 3.8) is 0 Å². The van der Waals surface area contributed by atoms with Gasteiger partial charge in [-0.15, -0.1) is 0 Å². The third-order valence-electron chi connectivity index (χ3n) is 4.05. The summed E-state index contributed by atoms with van der Waals surface area (Å²) in [6, 6.07) is 0.364. The number of nitrogens with two attached hydrogens (primary N) is 1. The first-order valence-electron chi connectivity index (χ1n) is 6.95. The molecule has 102 valence electrons. The fraction of sp³-hybridized carbons (Fsp3) is 0.846. The minimum atomic E-state index is -0.0433. The molecule has 1 saturated carbocycles. The Morgan fingerprint density at radius 2 is 2.06 bits per heavy atom. The molecule has 0 atom stereocenters. The second kappa shape index (κ2) is 6.18. The number of hydrogen-bond donors (Lipinski definition) is 2. The minimum absolute atomic E-state index is 0.0433. The summed E-state index contributed by atoms with van der Waals surface area (Å²) in [5.41, 5.74) is 5.87. The molecule has 1 aliphatic heterocycles. The van der Waals surface area contributed by atoms with E-state index in [2.05, 4.69) is 5.32 Å². The molecule has 0 aromatic heterocycles. The highest BCUT2D eigenvalue weighted by molar-refractivity contribution is 5.85. The lowest BCUT2D eigenvalue weighted by Crippen LogP contribution is -2.50. The van der Waals surface area contributed by atoms with Gasteiger partial charge in [-0.3, -0.25) is 9.59 Å². The third kappa shape index (κ3) is 3.70. The van der Waals surface area contributed by atoms with E-state index >= 15 is 0 Å². The Morgan fingerprint density at radius 3 is 2.72 bits per heavy atom. The summed E-state index contributed by atoms with van der Waals surface area (Å²) in [4.78, 5) is 24.8. The van der Waals surface area contributed by atoms with E-state index in [1.807, 2.05) is 0 Å². The molecule has 18 heavy (non-hydrogen) atoms. The van der Waals surface area contributed by atoms with E-state index in [0.29, 0.717) is 31.5 Å². The second-order valence-electron chi connectivity index (χ2n) is 5.48. The van der Waals surface area contributed by atoms with Gasteiger partial charge < -0.3 is 16.0 Å². The summed E-state index contributed by atoms with van der Waals surface area (Å²) in [5, 5.41) is 2.73. The first-order chi connectivity index (χ1) is 8.65. The maximum Gasteiger partial charge on any atom is 0.239 e.